The molecule has 0 amide bonds. The molecule has 0 bridgehead atoms. The molecular formula is C19H21N5. The summed E-state index contributed by atoms with van der Waals surface area (Å²) in [5.74, 6) is 0.489. The molecule has 0 saturated carbocycles. The van der Waals surface area contributed by atoms with Crippen LogP contribution in [0.15, 0.2) is 48.7 Å². The number of benzene rings is 2. The van der Waals surface area contributed by atoms with Gasteiger partial charge in [0.1, 0.15) is 0 Å². The summed E-state index contributed by atoms with van der Waals surface area (Å²) < 4.78 is 0. The first-order valence-corrected chi connectivity index (χ1v) is 8.28. The molecule has 2 aromatic carbocycles. The van der Waals surface area contributed by atoms with E-state index in [1.165, 1.54) is 16.9 Å². The lowest BCUT2D eigenvalue weighted by Crippen LogP contribution is -2.46. The van der Waals surface area contributed by atoms with Crippen molar-refractivity contribution >= 4 is 28.0 Å². The van der Waals surface area contributed by atoms with Gasteiger partial charge in [-0.2, -0.15) is 5.10 Å². The van der Waals surface area contributed by atoms with E-state index in [9.17, 15) is 0 Å². The molecule has 0 atom stereocenters. The molecule has 2 heterocycles. The number of nitrogen functional groups attached to an aromatic ring is 1. The second-order valence-electron chi connectivity index (χ2n) is 6.31. The average molecular weight is 319 g/mol. The van der Waals surface area contributed by atoms with Crippen LogP contribution in [0.5, 0.6) is 0 Å². The number of fused-ring (bicyclic) bond motifs is 1. The van der Waals surface area contributed by atoms with Crippen LogP contribution in [0.25, 0.3) is 10.8 Å². The molecule has 24 heavy (non-hydrogen) atoms. The van der Waals surface area contributed by atoms with E-state index in [4.69, 9.17) is 5.73 Å². The standard InChI is InChI=1S/C19H21N5/c1-14-3-2-4-16(11-14)23-7-9-24(10-8-23)17-5-6-18-15(12-17)13-21-22-19(18)20/h2-6,11-13H,7-10H2,1H3,(H2,20,22). The van der Waals surface area contributed by atoms with Gasteiger partial charge in [-0.1, -0.05) is 12.1 Å². The number of nitrogens with two attached hydrogens (primary N) is 1. The minimum absolute atomic E-state index is 0.489. The minimum atomic E-state index is 0.489. The summed E-state index contributed by atoms with van der Waals surface area (Å²) in [6, 6.07) is 15.1. The van der Waals surface area contributed by atoms with E-state index in [2.05, 4.69) is 63.3 Å². The Hall–Kier alpha value is -2.82. The first kappa shape index (κ1) is 14.8. The highest BCUT2D eigenvalue weighted by Crippen LogP contribution is 2.26. The Morgan fingerprint density at radius 2 is 1.62 bits per heavy atom. The summed E-state index contributed by atoms with van der Waals surface area (Å²) in [7, 11) is 0. The minimum Gasteiger partial charge on any atom is -0.382 e. The van der Waals surface area contributed by atoms with Gasteiger partial charge in [-0.05, 0) is 42.8 Å². The fraction of sp³-hybridized carbons (Fsp3) is 0.263. The number of hydrogen-bond acceptors (Lipinski definition) is 5. The average Bonchev–Trinajstić information content (AvgIpc) is 2.62. The van der Waals surface area contributed by atoms with Crippen LogP contribution in [-0.4, -0.2) is 36.4 Å². The predicted molar refractivity (Wildman–Crippen MR) is 99.6 cm³/mol. The Balaban J connectivity index is 1.51. The summed E-state index contributed by atoms with van der Waals surface area (Å²) in [5, 5.41) is 9.87. The fourth-order valence-electron chi connectivity index (χ4n) is 3.34. The fourth-order valence-corrected chi connectivity index (χ4v) is 3.34. The zero-order valence-corrected chi connectivity index (χ0v) is 13.8. The topological polar surface area (TPSA) is 58.3 Å². The maximum absolute atomic E-state index is 5.89. The molecule has 0 unspecified atom stereocenters. The highest BCUT2D eigenvalue weighted by molar-refractivity contribution is 5.92. The summed E-state index contributed by atoms with van der Waals surface area (Å²) in [4.78, 5) is 4.87. The Bertz CT molecular complexity index is 869. The number of rotatable bonds is 2. The monoisotopic (exact) mass is 319 g/mol. The first-order valence-electron chi connectivity index (χ1n) is 8.28. The van der Waals surface area contributed by atoms with E-state index in [0.29, 0.717) is 5.82 Å². The van der Waals surface area contributed by atoms with Crippen molar-refractivity contribution in [1.29, 1.82) is 0 Å². The van der Waals surface area contributed by atoms with E-state index in [-0.39, 0.29) is 0 Å². The van der Waals surface area contributed by atoms with E-state index >= 15 is 0 Å². The molecule has 1 aliphatic heterocycles. The molecule has 0 aliphatic carbocycles. The summed E-state index contributed by atoms with van der Waals surface area (Å²) >= 11 is 0. The Kier molecular flexibility index (Phi) is 3.69. The third kappa shape index (κ3) is 2.73. The number of aryl methyl sites for hydroxylation is 1. The van der Waals surface area contributed by atoms with Gasteiger partial charge in [-0.3, -0.25) is 0 Å². The number of nitrogens with zero attached hydrogens (tertiary/aromatic N) is 4. The third-order valence-electron chi connectivity index (χ3n) is 4.69. The Morgan fingerprint density at radius 1 is 0.917 bits per heavy atom. The van der Waals surface area contributed by atoms with Crippen molar-refractivity contribution in [1.82, 2.24) is 10.2 Å². The molecule has 1 aliphatic rings. The van der Waals surface area contributed by atoms with Crippen LogP contribution in [0.2, 0.25) is 0 Å². The molecular weight excluding hydrogens is 298 g/mol. The molecule has 0 radical (unpaired) electrons. The number of piperazine rings is 1. The van der Waals surface area contributed by atoms with Crippen LogP contribution in [-0.2, 0) is 0 Å². The van der Waals surface area contributed by atoms with Gasteiger partial charge in [0.25, 0.3) is 0 Å². The highest BCUT2D eigenvalue weighted by atomic mass is 15.3. The molecule has 3 aromatic rings. The van der Waals surface area contributed by atoms with Crippen molar-refractivity contribution in [2.75, 3.05) is 41.7 Å². The van der Waals surface area contributed by atoms with Gasteiger partial charge in [-0.25, -0.2) is 0 Å². The van der Waals surface area contributed by atoms with Crippen molar-refractivity contribution < 1.29 is 0 Å². The molecule has 4 rings (SSSR count). The van der Waals surface area contributed by atoms with Crippen LogP contribution >= 0.6 is 0 Å². The molecule has 1 saturated heterocycles. The lowest BCUT2D eigenvalue weighted by atomic mass is 10.1. The zero-order valence-electron chi connectivity index (χ0n) is 13.8. The van der Waals surface area contributed by atoms with Gasteiger partial charge in [0.15, 0.2) is 5.82 Å². The summed E-state index contributed by atoms with van der Waals surface area (Å²) in [6.45, 7) is 6.21. The highest BCUT2D eigenvalue weighted by Gasteiger charge is 2.18. The number of anilines is 3. The second kappa shape index (κ2) is 6.00. The maximum Gasteiger partial charge on any atom is 0.153 e. The van der Waals surface area contributed by atoms with Crippen molar-refractivity contribution in [3.05, 3.63) is 54.2 Å². The maximum atomic E-state index is 5.89. The van der Waals surface area contributed by atoms with Crippen LogP contribution in [0.1, 0.15) is 5.56 Å². The lowest BCUT2D eigenvalue weighted by Gasteiger charge is -2.37. The van der Waals surface area contributed by atoms with E-state index in [1.54, 1.807) is 6.20 Å². The van der Waals surface area contributed by atoms with Gasteiger partial charge in [0, 0.05) is 48.3 Å². The van der Waals surface area contributed by atoms with Crippen molar-refractivity contribution in [2.45, 2.75) is 6.92 Å². The van der Waals surface area contributed by atoms with E-state index < -0.39 is 0 Å². The van der Waals surface area contributed by atoms with Crippen LogP contribution < -0.4 is 15.5 Å². The van der Waals surface area contributed by atoms with Gasteiger partial charge in [0.2, 0.25) is 0 Å². The Labute approximate surface area is 141 Å². The molecule has 1 fully saturated rings. The molecule has 0 spiro atoms. The molecule has 2 N–H and O–H groups in total. The van der Waals surface area contributed by atoms with E-state index in [0.717, 1.165) is 37.0 Å². The van der Waals surface area contributed by atoms with Gasteiger partial charge < -0.3 is 15.5 Å². The quantitative estimate of drug-likeness (QED) is 0.787. The summed E-state index contributed by atoms with van der Waals surface area (Å²) in [6.07, 6.45) is 1.78. The van der Waals surface area contributed by atoms with Gasteiger partial charge in [0.05, 0.1) is 6.20 Å². The lowest BCUT2D eigenvalue weighted by molar-refractivity contribution is 0.653. The normalized spacial score (nSPS) is 15.0. The number of hydrogen-bond donors (Lipinski definition) is 1. The predicted octanol–water partition coefficient (Wildman–Crippen LogP) is 2.85. The largest absolute Gasteiger partial charge is 0.382 e. The summed E-state index contributed by atoms with van der Waals surface area (Å²) in [5.41, 5.74) is 9.73. The van der Waals surface area contributed by atoms with E-state index in [1.807, 2.05) is 6.07 Å². The zero-order chi connectivity index (χ0) is 16.5. The van der Waals surface area contributed by atoms with Crippen LogP contribution in [0.3, 0.4) is 0 Å². The number of aromatic nitrogens is 2. The second-order valence-corrected chi connectivity index (χ2v) is 6.31. The third-order valence-corrected chi connectivity index (χ3v) is 4.69. The van der Waals surface area contributed by atoms with Gasteiger partial charge in [-0.15, -0.1) is 5.10 Å². The smallest absolute Gasteiger partial charge is 0.153 e. The SMILES string of the molecule is Cc1cccc(N2CCN(c3ccc4c(N)nncc4c3)CC2)c1. The van der Waals surface area contributed by atoms with Crippen molar-refractivity contribution in [3.63, 3.8) is 0 Å². The molecule has 1 aromatic heterocycles. The first-order chi connectivity index (χ1) is 11.7. The van der Waals surface area contributed by atoms with Gasteiger partial charge >= 0.3 is 0 Å². The van der Waals surface area contributed by atoms with Crippen molar-refractivity contribution in [3.8, 4) is 0 Å². The molecule has 5 heteroatoms. The van der Waals surface area contributed by atoms with Crippen molar-refractivity contribution in [2.24, 2.45) is 0 Å². The molecule has 122 valence electrons. The molecule has 5 nitrogen and oxygen atoms in total. The van der Waals surface area contributed by atoms with Crippen LogP contribution in [0, 0.1) is 6.92 Å². The van der Waals surface area contributed by atoms with Crippen LogP contribution in [0.4, 0.5) is 17.2 Å². The Morgan fingerprint density at radius 3 is 2.33 bits per heavy atom.